The normalized spacial score (nSPS) is 24.4. The lowest BCUT2D eigenvalue weighted by Crippen LogP contribution is -2.43. The number of aromatic nitrogens is 1. The van der Waals surface area contributed by atoms with Crippen LogP contribution in [0.1, 0.15) is 24.8 Å². The van der Waals surface area contributed by atoms with Crippen molar-refractivity contribution in [2.24, 2.45) is 0 Å². The number of nitrogens with one attached hydrogen (secondary N) is 2. The van der Waals surface area contributed by atoms with E-state index in [9.17, 15) is 9.59 Å². The zero-order valence-electron chi connectivity index (χ0n) is 12.3. The minimum atomic E-state index is 0.0668. The number of hydrogen-bond acceptors (Lipinski definition) is 2. The van der Waals surface area contributed by atoms with Gasteiger partial charge in [0.15, 0.2) is 0 Å². The van der Waals surface area contributed by atoms with Gasteiger partial charge in [-0.2, -0.15) is 0 Å². The Morgan fingerprint density at radius 3 is 2.95 bits per heavy atom. The van der Waals surface area contributed by atoms with Crippen molar-refractivity contribution >= 4 is 22.7 Å². The van der Waals surface area contributed by atoms with Crippen LogP contribution < -0.4 is 5.32 Å². The van der Waals surface area contributed by atoms with E-state index in [0.29, 0.717) is 19.4 Å². The van der Waals surface area contributed by atoms with Gasteiger partial charge in [0, 0.05) is 42.1 Å². The van der Waals surface area contributed by atoms with E-state index in [-0.39, 0.29) is 23.9 Å². The molecule has 4 rings (SSSR count). The van der Waals surface area contributed by atoms with Gasteiger partial charge < -0.3 is 15.2 Å². The predicted molar refractivity (Wildman–Crippen MR) is 83.3 cm³/mol. The van der Waals surface area contributed by atoms with E-state index < -0.39 is 0 Å². The summed E-state index contributed by atoms with van der Waals surface area (Å²) in [5.74, 6) is 0.200. The molecule has 2 atom stereocenters. The summed E-state index contributed by atoms with van der Waals surface area (Å²) in [5, 5.41) is 4.01. The molecule has 2 amide bonds. The summed E-state index contributed by atoms with van der Waals surface area (Å²) in [5.41, 5.74) is 2.09. The third-order valence-corrected chi connectivity index (χ3v) is 4.88. The van der Waals surface area contributed by atoms with E-state index >= 15 is 0 Å². The Balaban J connectivity index is 1.58. The average molecular weight is 297 g/mol. The van der Waals surface area contributed by atoms with Crippen LogP contribution >= 0.6 is 0 Å². The van der Waals surface area contributed by atoms with Gasteiger partial charge in [0.2, 0.25) is 11.8 Å². The van der Waals surface area contributed by atoms with E-state index in [0.717, 1.165) is 29.3 Å². The molecular formula is C17H19N3O2. The summed E-state index contributed by atoms with van der Waals surface area (Å²) in [6.07, 6.45) is 4.69. The molecule has 22 heavy (non-hydrogen) atoms. The van der Waals surface area contributed by atoms with Crippen molar-refractivity contribution < 1.29 is 9.59 Å². The molecule has 5 nitrogen and oxygen atoms in total. The summed E-state index contributed by atoms with van der Waals surface area (Å²) in [6, 6.07) is 8.26. The maximum Gasteiger partial charge on any atom is 0.227 e. The third-order valence-electron chi connectivity index (χ3n) is 4.88. The van der Waals surface area contributed by atoms with Crippen LogP contribution in [0, 0.1) is 0 Å². The second kappa shape index (κ2) is 5.16. The van der Waals surface area contributed by atoms with Gasteiger partial charge in [-0.1, -0.05) is 18.2 Å². The van der Waals surface area contributed by atoms with Gasteiger partial charge in [0.1, 0.15) is 0 Å². The number of carbonyl (C=O) groups excluding carboxylic acids is 2. The first kappa shape index (κ1) is 13.4. The highest BCUT2D eigenvalue weighted by Crippen LogP contribution is 2.29. The van der Waals surface area contributed by atoms with E-state index in [4.69, 9.17) is 0 Å². The van der Waals surface area contributed by atoms with Crippen LogP contribution in [-0.4, -0.2) is 40.3 Å². The molecule has 0 spiro atoms. The maximum atomic E-state index is 12.8. The standard InChI is InChI=1S/C17H19N3O2/c21-16-8-12-5-6-13(10-19-16)20(12)17(22)7-11-9-18-15-4-2-1-3-14(11)15/h1-4,9,12-13,18H,5-8,10H2,(H,19,21)/t12-,13+/m0/s1. The highest BCUT2D eigenvalue weighted by molar-refractivity contribution is 5.89. The zero-order valence-corrected chi connectivity index (χ0v) is 12.3. The molecule has 2 saturated heterocycles. The Bertz CT molecular complexity index is 736. The molecule has 2 bridgehead atoms. The molecule has 0 saturated carbocycles. The quantitative estimate of drug-likeness (QED) is 0.884. The van der Waals surface area contributed by atoms with Crippen LogP contribution in [0.2, 0.25) is 0 Å². The molecule has 0 unspecified atom stereocenters. The van der Waals surface area contributed by atoms with Crippen LogP contribution in [0.4, 0.5) is 0 Å². The molecule has 2 N–H and O–H groups in total. The van der Waals surface area contributed by atoms with Crippen molar-refractivity contribution in [3.05, 3.63) is 36.0 Å². The second-order valence-electron chi connectivity index (χ2n) is 6.23. The van der Waals surface area contributed by atoms with Crippen molar-refractivity contribution in [2.45, 2.75) is 37.8 Å². The molecule has 0 radical (unpaired) electrons. The van der Waals surface area contributed by atoms with Gasteiger partial charge >= 0.3 is 0 Å². The number of amides is 2. The average Bonchev–Trinajstić information content (AvgIpc) is 3.04. The van der Waals surface area contributed by atoms with E-state index in [1.807, 2.05) is 35.4 Å². The van der Waals surface area contributed by atoms with Crippen LogP contribution in [0.3, 0.4) is 0 Å². The Morgan fingerprint density at radius 1 is 1.23 bits per heavy atom. The van der Waals surface area contributed by atoms with Gasteiger partial charge in [-0.15, -0.1) is 0 Å². The van der Waals surface area contributed by atoms with Crippen molar-refractivity contribution in [3.63, 3.8) is 0 Å². The number of para-hydroxylation sites is 1. The smallest absolute Gasteiger partial charge is 0.227 e. The SMILES string of the molecule is O=C1C[C@@H]2CC[C@H](CN1)N2C(=O)Cc1c[nH]c2ccccc12. The molecular weight excluding hydrogens is 278 g/mol. The van der Waals surface area contributed by atoms with E-state index in [1.165, 1.54) is 0 Å². The fourth-order valence-electron chi connectivity index (χ4n) is 3.82. The van der Waals surface area contributed by atoms with Gasteiger partial charge in [-0.25, -0.2) is 0 Å². The number of aromatic amines is 1. The number of nitrogens with zero attached hydrogens (tertiary/aromatic N) is 1. The molecule has 114 valence electrons. The Labute approximate surface area is 128 Å². The molecule has 1 aromatic heterocycles. The lowest BCUT2D eigenvalue weighted by molar-refractivity contribution is -0.133. The highest BCUT2D eigenvalue weighted by Gasteiger charge is 2.40. The molecule has 5 heteroatoms. The lowest BCUT2D eigenvalue weighted by Gasteiger charge is -2.27. The number of carbonyl (C=O) groups is 2. The van der Waals surface area contributed by atoms with Crippen LogP contribution in [0.15, 0.2) is 30.5 Å². The van der Waals surface area contributed by atoms with Crippen LogP contribution in [-0.2, 0) is 16.0 Å². The van der Waals surface area contributed by atoms with Crippen LogP contribution in [0.5, 0.6) is 0 Å². The Kier molecular flexibility index (Phi) is 3.13. The Morgan fingerprint density at radius 2 is 2.05 bits per heavy atom. The molecule has 2 fully saturated rings. The molecule has 1 aromatic carbocycles. The summed E-state index contributed by atoms with van der Waals surface area (Å²) in [4.78, 5) is 29.7. The van der Waals surface area contributed by atoms with Crippen molar-refractivity contribution in [3.8, 4) is 0 Å². The topological polar surface area (TPSA) is 65.2 Å². The predicted octanol–water partition coefficient (Wildman–Crippen LogP) is 1.59. The minimum absolute atomic E-state index is 0.0668. The molecule has 2 aromatic rings. The number of fused-ring (bicyclic) bond motifs is 3. The lowest BCUT2D eigenvalue weighted by atomic mass is 10.1. The highest BCUT2D eigenvalue weighted by atomic mass is 16.2. The maximum absolute atomic E-state index is 12.8. The summed E-state index contributed by atoms with van der Waals surface area (Å²) in [6.45, 7) is 0.592. The molecule has 2 aliphatic rings. The minimum Gasteiger partial charge on any atom is -0.361 e. The first-order valence-corrected chi connectivity index (χ1v) is 7.85. The first-order valence-electron chi connectivity index (χ1n) is 7.85. The number of benzene rings is 1. The van der Waals surface area contributed by atoms with Gasteiger partial charge in [-0.05, 0) is 24.5 Å². The first-order chi connectivity index (χ1) is 10.7. The van der Waals surface area contributed by atoms with Crippen molar-refractivity contribution in [2.75, 3.05) is 6.54 Å². The number of H-pyrrole nitrogens is 1. The summed E-state index contributed by atoms with van der Waals surface area (Å²) < 4.78 is 0. The van der Waals surface area contributed by atoms with Gasteiger partial charge in [0.25, 0.3) is 0 Å². The number of rotatable bonds is 2. The monoisotopic (exact) mass is 297 g/mol. The van der Waals surface area contributed by atoms with E-state index in [1.54, 1.807) is 0 Å². The third kappa shape index (κ3) is 2.17. The van der Waals surface area contributed by atoms with Gasteiger partial charge in [-0.3, -0.25) is 9.59 Å². The molecule has 0 aliphatic carbocycles. The second-order valence-corrected chi connectivity index (χ2v) is 6.23. The Hall–Kier alpha value is -2.30. The van der Waals surface area contributed by atoms with Gasteiger partial charge in [0.05, 0.1) is 6.42 Å². The molecule has 3 heterocycles. The summed E-state index contributed by atoms with van der Waals surface area (Å²) in [7, 11) is 0. The zero-order chi connectivity index (χ0) is 15.1. The van der Waals surface area contributed by atoms with Crippen molar-refractivity contribution in [1.82, 2.24) is 15.2 Å². The fourth-order valence-corrected chi connectivity index (χ4v) is 3.82. The summed E-state index contributed by atoms with van der Waals surface area (Å²) >= 11 is 0. The van der Waals surface area contributed by atoms with E-state index in [2.05, 4.69) is 10.3 Å². The largest absolute Gasteiger partial charge is 0.361 e. The van der Waals surface area contributed by atoms with Crippen molar-refractivity contribution in [1.29, 1.82) is 0 Å². The van der Waals surface area contributed by atoms with Crippen LogP contribution in [0.25, 0.3) is 10.9 Å². The number of hydrogen-bond donors (Lipinski definition) is 2. The fraction of sp³-hybridized carbons (Fsp3) is 0.412. The molecule has 2 aliphatic heterocycles.